The van der Waals surface area contributed by atoms with E-state index < -0.39 is 5.54 Å². The van der Waals surface area contributed by atoms with E-state index in [1.165, 1.54) is 0 Å². The molecule has 0 fully saturated rings. The molecule has 6 heteroatoms. The third-order valence-corrected chi connectivity index (χ3v) is 3.20. The first-order chi connectivity index (χ1) is 9.76. The predicted octanol–water partition coefficient (Wildman–Crippen LogP) is 3.16. The molecule has 5 nitrogen and oxygen atoms in total. The predicted molar refractivity (Wildman–Crippen MR) is 93.3 cm³/mol. The van der Waals surface area contributed by atoms with E-state index in [-0.39, 0.29) is 30.1 Å². The van der Waals surface area contributed by atoms with Gasteiger partial charge in [-0.1, -0.05) is 33.3 Å². The standard InChI is InChI=1S/C16H25N3O2.ClH/c1-5-9-16(4,17)15(21)19-13-8-6-7-12(10-13)18-14(20)11(2)3;/h6-8,10-11H,5,9,17H2,1-4H3,(H,18,20)(H,19,21);1H. The topological polar surface area (TPSA) is 84.2 Å². The van der Waals surface area contributed by atoms with Crippen molar-refractivity contribution >= 4 is 35.6 Å². The minimum Gasteiger partial charge on any atom is -0.326 e. The van der Waals surface area contributed by atoms with E-state index in [0.29, 0.717) is 17.8 Å². The van der Waals surface area contributed by atoms with Gasteiger partial charge in [-0.25, -0.2) is 0 Å². The van der Waals surface area contributed by atoms with Crippen LogP contribution < -0.4 is 16.4 Å². The van der Waals surface area contributed by atoms with Crippen LogP contribution in [0, 0.1) is 5.92 Å². The molecule has 0 aliphatic heterocycles. The molecule has 1 unspecified atom stereocenters. The quantitative estimate of drug-likeness (QED) is 0.750. The molecule has 4 N–H and O–H groups in total. The second-order valence-electron chi connectivity index (χ2n) is 5.85. The maximum Gasteiger partial charge on any atom is 0.244 e. The van der Waals surface area contributed by atoms with Crippen LogP contribution in [0.1, 0.15) is 40.5 Å². The number of nitrogens with one attached hydrogen (secondary N) is 2. The Balaban J connectivity index is 0.00000441. The van der Waals surface area contributed by atoms with Crippen LogP contribution in [-0.4, -0.2) is 17.4 Å². The van der Waals surface area contributed by atoms with Crippen LogP contribution in [0.25, 0.3) is 0 Å². The third kappa shape index (κ3) is 6.03. The van der Waals surface area contributed by atoms with Crippen LogP contribution in [0.15, 0.2) is 24.3 Å². The van der Waals surface area contributed by atoms with Gasteiger partial charge in [0.1, 0.15) is 0 Å². The number of amides is 2. The van der Waals surface area contributed by atoms with Gasteiger partial charge in [-0.2, -0.15) is 0 Å². The smallest absolute Gasteiger partial charge is 0.244 e. The average Bonchev–Trinajstić information content (AvgIpc) is 2.38. The van der Waals surface area contributed by atoms with E-state index in [2.05, 4.69) is 10.6 Å². The van der Waals surface area contributed by atoms with Crippen LogP contribution in [0.3, 0.4) is 0 Å². The second-order valence-corrected chi connectivity index (χ2v) is 5.85. The molecule has 1 aromatic carbocycles. The minimum absolute atomic E-state index is 0. The van der Waals surface area contributed by atoms with Crippen molar-refractivity contribution in [2.45, 2.75) is 46.1 Å². The molecule has 0 bridgehead atoms. The molecule has 0 aromatic heterocycles. The molecule has 1 atom stereocenters. The summed E-state index contributed by atoms with van der Waals surface area (Å²) in [6, 6.07) is 7.05. The molecule has 1 rings (SSSR count). The molecule has 1 aromatic rings. The van der Waals surface area contributed by atoms with Gasteiger partial charge in [0.15, 0.2) is 0 Å². The van der Waals surface area contributed by atoms with E-state index in [1.54, 1.807) is 31.2 Å². The minimum atomic E-state index is -0.897. The monoisotopic (exact) mass is 327 g/mol. The van der Waals surface area contributed by atoms with Crippen molar-refractivity contribution in [3.63, 3.8) is 0 Å². The summed E-state index contributed by atoms with van der Waals surface area (Å²) in [7, 11) is 0. The largest absolute Gasteiger partial charge is 0.326 e. The maximum absolute atomic E-state index is 12.1. The Kier molecular flexibility index (Phi) is 8.12. The molecule has 0 saturated carbocycles. The lowest BCUT2D eigenvalue weighted by Crippen LogP contribution is -2.48. The highest BCUT2D eigenvalue weighted by molar-refractivity contribution is 5.98. The van der Waals surface area contributed by atoms with Crippen molar-refractivity contribution in [1.29, 1.82) is 0 Å². The number of hydrogen-bond acceptors (Lipinski definition) is 3. The maximum atomic E-state index is 12.1. The van der Waals surface area contributed by atoms with Gasteiger partial charge in [-0.3, -0.25) is 9.59 Å². The number of carbonyl (C=O) groups excluding carboxylic acids is 2. The summed E-state index contributed by atoms with van der Waals surface area (Å²) < 4.78 is 0. The lowest BCUT2D eigenvalue weighted by Gasteiger charge is -2.23. The SMILES string of the molecule is CCCC(C)(N)C(=O)Nc1cccc(NC(=O)C(C)C)c1.Cl. The zero-order chi connectivity index (χ0) is 16.0. The summed E-state index contributed by atoms with van der Waals surface area (Å²) >= 11 is 0. The molecule has 22 heavy (non-hydrogen) atoms. The van der Waals surface area contributed by atoms with E-state index in [0.717, 1.165) is 6.42 Å². The van der Waals surface area contributed by atoms with E-state index in [4.69, 9.17) is 5.73 Å². The van der Waals surface area contributed by atoms with Gasteiger partial charge in [-0.05, 0) is 31.5 Å². The average molecular weight is 328 g/mol. The van der Waals surface area contributed by atoms with Crippen molar-refractivity contribution in [3.05, 3.63) is 24.3 Å². The Hall–Kier alpha value is -1.59. The Morgan fingerprint density at radius 2 is 1.77 bits per heavy atom. The number of hydrogen-bond donors (Lipinski definition) is 3. The first-order valence-corrected chi connectivity index (χ1v) is 7.27. The van der Waals surface area contributed by atoms with Crippen LogP contribution in [-0.2, 0) is 9.59 Å². The highest BCUT2D eigenvalue weighted by atomic mass is 35.5. The zero-order valence-electron chi connectivity index (χ0n) is 13.6. The Bertz CT molecular complexity index is 516. The first-order valence-electron chi connectivity index (χ1n) is 7.27. The highest BCUT2D eigenvalue weighted by Gasteiger charge is 2.27. The highest BCUT2D eigenvalue weighted by Crippen LogP contribution is 2.18. The van der Waals surface area contributed by atoms with Gasteiger partial charge in [0, 0.05) is 17.3 Å². The summed E-state index contributed by atoms with van der Waals surface area (Å²) in [4.78, 5) is 23.8. The van der Waals surface area contributed by atoms with E-state index in [9.17, 15) is 9.59 Å². The number of anilines is 2. The number of benzene rings is 1. The van der Waals surface area contributed by atoms with Gasteiger partial charge < -0.3 is 16.4 Å². The molecule has 0 aliphatic carbocycles. The second kappa shape index (κ2) is 8.76. The fourth-order valence-corrected chi connectivity index (χ4v) is 1.87. The van der Waals surface area contributed by atoms with E-state index >= 15 is 0 Å². The molecule has 0 heterocycles. The van der Waals surface area contributed by atoms with Crippen molar-refractivity contribution in [3.8, 4) is 0 Å². The van der Waals surface area contributed by atoms with Gasteiger partial charge in [-0.15, -0.1) is 12.4 Å². The number of halogens is 1. The summed E-state index contributed by atoms with van der Waals surface area (Å²) in [6.07, 6.45) is 1.45. The Morgan fingerprint density at radius 1 is 1.23 bits per heavy atom. The molecule has 0 aliphatic rings. The summed E-state index contributed by atoms with van der Waals surface area (Å²) in [6.45, 7) is 7.35. The molecular weight excluding hydrogens is 302 g/mol. The van der Waals surface area contributed by atoms with Gasteiger partial charge in [0.05, 0.1) is 5.54 Å². The molecule has 0 radical (unpaired) electrons. The lowest BCUT2D eigenvalue weighted by molar-refractivity contribution is -0.121. The Labute approximate surface area is 138 Å². The van der Waals surface area contributed by atoms with Crippen LogP contribution in [0.5, 0.6) is 0 Å². The number of rotatable bonds is 6. The van der Waals surface area contributed by atoms with Crippen molar-refractivity contribution in [2.75, 3.05) is 10.6 Å². The first kappa shape index (κ1) is 20.4. The number of nitrogens with two attached hydrogens (primary N) is 1. The summed E-state index contributed by atoms with van der Waals surface area (Å²) in [5, 5.41) is 5.59. The van der Waals surface area contributed by atoms with Crippen molar-refractivity contribution in [1.82, 2.24) is 0 Å². The molecule has 124 valence electrons. The van der Waals surface area contributed by atoms with Crippen LogP contribution in [0.2, 0.25) is 0 Å². The lowest BCUT2D eigenvalue weighted by atomic mass is 9.96. The van der Waals surface area contributed by atoms with Gasteiger partial charge >= 0.3 is 0 Å². The van der Waals surface area contributed by atoms with Gasteiger partial charge in [0.2, 0.25) is 11.8 Å². The summed E-state index contributed by atoms with van der Waals surface area (Å²) in [5.41, 5.74) is 6.37. The van der Waals surface area contributed by atoms with E-state index in [1.807, 2.05) is 20.8 Å². The molecular formula is C16H26ClN3O2. The fourth-order valence-electron chi connectivity index (χ4n) is 1.87. The molecule has 0 spiro atoms. The molecule has 0 saturated heterocycles. The fraction of sp³-hybridized carbons (Fsp3) is 0.500. The zero-order valence-corrected chi connectivity index (χ0v) is 14.4. The Morgan fingerprint density at radius 3 is 2.27 bits per heavy atom. The third-order valence-electron chi connectivity index (χ3n) is 3.20. The normalized spacial score (nSPS) is 13.0. The van der Waals surface area contributed by atoms with Crippen molar-refractivity contribution in [2.24, 2.45) is 11.7 Å². The summed E-state index contributed by atoms with van der Waals surface area (Å²) in [5.74, 6) is -0.384. The molecule has 2 amide bonds. The number of carbonyl (C=O) groups is 2. The van der Waals surface area contributed by atoms with Crippen LogP contribution >= 0.6 is 12.4 Å². The van der Waals surface area contributed by atoms with Crippen LogP contribution in [0.4, 0.5) is 11.4 Å². The van der Waals surface area contributed by atoms with Gasteiger partial charge in [0.25, 0.3) is 0 Å². The van der Waals surface area contributed by atoms with Crippen molar-refractivity contribution < 1.29 is 9.59 Å².